The fourth-order valence-corrected chi connectivity index (χ4v) is 4.47. The summed E-state index contributed by atoms with van der Waals surface area (Å²) in [5.74, 6) is -0.467. The predicted octanol–water partition coefficient (Wildman–Crippen LogP) is 6.49. The SMILES string of the molecule is CCOc1cc(-c2cccn(Cc3ccc([C@H](C)CC(=O)O)cc3)c2=O)ccc1NC(=O)Nc1ccccc1C. The van der Waals surface area contributed by atoms with Crippen LogP contribution in [0.2, 0.25) is 0 Å². The molecule has 0 radical (unpaired) electrons. The number of carboxylic acids is 1. The summed E-state index contributed by atoms with van der Waals surface area (Å²) in [4.78, 5) is 37.1. The fraction of sp³-hybridized carbons (Fsp3) is 0.219. The maximum Gasteiger partial charge on any atom is 0.323 e. The number of aromatic nitrogens is 1. The number of rotatable bonds is 10. The number of carbonyl (C=O) groups excluding carboxylic acids is 1. The summed E-state index contributed by atoms with van der Waals surface area (Å²) in [5, 5.41) is 14.7. The van der Waals surface area contributed by atoms with E-state index in [1.165, 1.54) is 0 Å². The summed E-state index contributed by atoms with van der Waals surface area (Å²) in [6.07, 6.45) is 1.80. The molecule has 0 saturated heterocycles. The molecule has 0 spiro atoms. The number of ether oxygens (including phenoxy) is 1. The quantitative estimate of drug-likeness (QED) is 0.213. The van der Waals surface area contributed by atoms with Gasteiger partial charge in [0.25, 0.3) is 5.56 Å². The van der Waals surface area contributed by atoms with Gasteiger partial charge in [0, 0.05) is 17.4 Å². The lowest BCUT2D eigenvalue weighted by Crippen LogP contribution is -2.22. The lowest BCUT2D eigenvalue weighted by Gasteiger charge is -2.15. The molecule has 0 unspecified atom stereocenters. The first-order valence-corrected chi connectivity index (χ1v) is 13.2. The van der Waals surface area contributed by atoms with E-state index in [2.05, 4.69) is 10.6 Å². The first kappa shape index (κ1) is 28.2. The van der Waals surface area contributed by atoms with Crippen LogP contribution in [0.1, 0.15) is 42.9 Å². The van der Waals surface area contributed by atoms with Gasteiger partial charge in [-0.15, -0.1) is 0 Å². The Hall–Kier alpha value is -4.85. The molecule has 0 aliphatic carbocycles. The van der Waals surface area contributed by atoms with Gasteiger partial charge in [-0.3, -0.25) is 9.59 Å². The fourth-order valence-electron chi connectivity index (χ4n) is 4.47. The number of carbonyl (C=O) groups is 2. The summed E-state index contributed by atoms with van der Waals surface area (Å²) in [5.41, 5.74) is 5.04. The molecular formula is C32H33N3O5. The number of carboxylic acid groups (broad SMARTS) is 1. The smallest absolute Gasteiger partial charge is 0.323 e. The zero-order chi connectivity index (χ0) is 28.6. The van der Waals surface area contributed by atoms with Gasteiger partial charge in [0.2, 0.25) is 0 Å². The van der Waals surface area contributed by atoms with Gasteiger partial charge < -0.3 is 25.0 Å². The molecule has 8 heteroatoms. The van der Waals surface area contributed by atoms with Crippen LogP contribution in [0.5, 0.6) is 5.75 Å². The number of para-hydroxylation sites is 1. The average molecular weight is 540 g/mol. The van der Waals surface area contributed by atoms with Crippen molar-refractivity contribution in [2.45, 2.75) is 39.7 Å². The summed E-state index contributed by atoms with van der Waals surface area (Å²) in [7, 11) is 0. The zero-order valence-corrected chi connectivity index (χ0v) is 22.8. The molecule has 1 atom stereocenters. The molecule has 40 heavy (non-hydrogen) atoms. The van der Waals surface area contributed by atoms with Gasteiger partial charge in [-0.1, -0.05) is 55.5 Å². The molecule has 2 amide bonds. The minimum absolute atomic E-state index is 0.0657. The lowest BCUT2D eigenvalue weighted by molar-refractivity contribution is -0.137. The molecule has 0 bridgehead atoms. The van der Waals surface area contributed by atoms with Crippen LogP contribution in [0.4, 0.5) is 16.2 Å². The standard InChI is InChI=1S/C32H33N3O5/c1-4-40-29-19-25(15-16-28(29)34-32(39)33-27-10-6-5-8-21(27)2)26-9-7-17-35(31(26)38)20-23-11-13-24(14-12-23)22(3)18-30(36)37/h5-17,19,22H,4,18,20H2,1-3H3,(H,36,37)(H2,33,34,39)/t22-/m1/s1. The second-order valence-corrected chi connectivity index (χ2v) is 9.63. The molecule has 0 saturated carbocycles. The number of anilines is 2. The van der Waals surface area contributed by atoms with Crippen LogP contribution in [0.25, 0.3) is 11.1 Å². The number of hydrogen-bond donors (Lipinski definition) is 3. The average Bonchev–Trinajstić information content (AvgIpc) is 2.92. The highest BCUT2D eigenvalue weighted by Gasteiger charge is 2.14. The van der Waals surface area contributed by atoms with Crippen molar-refractivity contribution in [1.29, 1.82) is 0 Å². The van der Waals surface area contributed by atoms with E-state index in [4.69, 9.17) is 9.84 Å². The van der Waals surface area contributed by atoms with Gasteiger partial charge in [-0.25, -0.2) is 4.79 Å². The van der Waals surface area contributed by atoms with E-state index in [1.807, 2.05) is 75.4 Å². The summed E-state index contributed by atoms with van der Waals surface area (Å²) in [6.45, 7) is 6.41. The van der Waals surface area contributed by atoms with E-state index >= 15 is 0 Å². The molecule has 0 aliphatic heterocycles. The second kappa shape index (κ2) is 12.8. The van der Waals surface area contributed by atoms with Gasteiger partial charge in [-0.2, -0.15) is 0 Å². The molecule has 8 nitrogen and oxygen atoms in total. The van der Waals surface area contributed by atoms with Crippen molar-refractivity contribution in [2.75, 3.05) is 17.2 Å². The number of nitrogens with one attached hydrogen (secondary N) is 2. The van der Waals surface area contributed by atoms with Crippen molar-refractivity contribution in [2.24, 2.45) is 0 Å². The maximum atomic E-state index is 13.4. The molecule has 1 heterocycles. The van der Waals surface area contributed by atoms with Gasteiger partial charge in [-0.05, 0) is 72.4 Å². The number of hydrogen-bond acceptors (Lipinski definition) is 4. The molecular weight excluding hydrogens is 506 g/mol. The highest BCUT2D eigenvalue weighted by atomic mass is 16.5. The minimum atomic E-state index is -0.832. The normalized spacial score (nSPS) is 11.5. The second-order valence-electron chi connectivity index (χ2n) is 9.63. The number of benzene rings is 3. The number of pyridine rings is 1. The van der Waals surface area contributed by atoms with E-state index in [0.29, 0.717) is 41.4 Å². The number of aliphatic carboxylic acids is 1. The minimum Gasteiger partial charge on any atom is -0.492 e. The topological polar surface area (TPSA) is 110 Å². The summed E-state index contributed by atoms with van der Waals surface area (Å²) in [6, 6.07) is 23.6. The monoisotopic (exact) mass is 539 g/mol. The predicted molar refractivity (Wildman–Crippen MR) is 157 cm³/mol. The third-order valence-electron chi connectivity index (χ3n) is 6.64. The van der Waals surface area contributed by atoms with Crippen molar-refractivity contribution < 1.29 is 19.4 Å². The third kappa shape index (κ3) is 6.96. The molecule has 4 aromatic rings. The zero-order valence-electron chi connectivity index (χ0n) is 22.8. The van der Waals surface area contributed by atoms with Gasteiger partial charge >= 0.3 is 12.0 Å². The third-order valence-corrected chi connectivity index (χ3v) is 6.64. The van der Waals surface area contributed by atoms with E-state index < -0.39 is 12.0 Å². The van der Waals surface area contributed by atoms with E-state index in [-0.39, 0.29) is 17.9 Å². The number of urea groups is 1. The highest BCUT2D eigenvalue weighted by molar-refractivity contribution is 6.01. The van der Waals surface area contributed by atoms with Gasteiger partial charge in [0.15, 0.2) is 0 Å². The molecule has 206 valence electrons. The van der Waals surface area contributed by atoms with Gasteiger partial charge in [0.05, 0.1) is 25.3 Å². The van der Waals surface area contributed by atoms with Crippen molar-refractivity contribution in [3.63, 3.8) is 0 Å². The Morgan fingerprint density at radius 3 is 2.38 bits per heavy atom. The van der Waals surface area contributed by atoms with Crippen LogP contribution in [0.3, 0.4) is 0 Å². The molecule has 0 fully saturated rings. The first-order valence-electron chi connectivity index (χ1n) is 13.2. The molecule has 1 aromatic heterocycles. The van der Waals surface area contributed by atoms with Crippen molar-refractivity contribution in [3.05, 3.63) is 112 Å². The van der Waals surface area contributed by atoms with Crippen LogP contribution < -0.4 is 20.9 Å². The van der Waals surface area contributed by atoms with Gasteiger partial charge in [0.1, 0.15) is 5.75 Å². The molecule has 3 aromatic carbocycles. The van der Waals surface area contributed by atoms with Crippen LogP contribution in [0, 0.1) is 6.92 Å². The Morgan fingerprint density at radius 1 is 0.950 bits per heavy atom. The van der Waals surface area contributed by atoms with Crippen LogP contribution >= 0.6 is 0 Å². The number of amides is 2. The Labute approximate surface area is 233 Å². The van der Waals surface area contributed by atoms with Crippen molar-refractivity contribution >= 4 is 23.4 Å². The van der Waals surface area contributed by atoms with E-state index in [1.54, 1.807) is 35.0 Å². The van der Waals surface area contributed by atoms with E-state index in [0.717, 1.165) is 16.7 Å². The number of nitrogens with zero attached hydrogens (tertiary/aromatic N) is 1. The summed E-state index contributed by atoms with van der Waals surface area (Å²) >= 11 is 0. The van der Waals surface area contributed by atoms with E-state index in [9.17, 15) is 14.4 Å². The Morgan fingerprint density at radius 2 is 1.68 bits per heavy atom. The summed E-state index contributed by atoms with van der Waals surface area (Å²) < 4.78 is 7.44. The Kier molecular flexibility index (Phi) is 9.01. The first-order chi connectivity index (χ1) is 19.2. The number of aryl methyl sites for hydroxylation is 1. The molecule has 0 aliphatic rings. The largest absolute Gasteiger partial charge is 0.492 e. The highest BCUT2D eigenvalue weighted by Crippen LogP contribution is 2.30. The maximum absolute atomic E-state index is 13.4. The molecule has 4 rings (SSSR count). The lowest BCUT2D eigenvalue weighted by atomic mass is 9.97. The van der Waals surface area contributed by atoms with Crippen molar-refractivity contribution in [1.82, 2.24) is 4.57 Å². The Bertz CT molecular complexity index is 1560. The van der Waals surface area contributed by atoms with Crippen LogP contribution in [0.15, 0.2) is 89.9 Å². The van der Waals surface area contributed by atoms with Crippen LogP contribution in [-0.4, -0.2) is 28.3 Å². The van der Waals surface area contributed by atoms with Crippen molar-refractivity contribution in [3.8, 4) is 16.9 Å². The Balaban J connectivity index is 1.53. The molecule has 3 N–H and O–H groups in total. The van der Waals surface area contributed by atoms with Crippen LogP contribution in [-0.2, 0) is 11.3 Å².